The number of hydrogen-bond donors (Lipinski definition) is 1. The largest absolute Gasteiger partial charge is 0.346 e. The van der Waals surface area contributed by atoms with Gasteiger partial charge in [0.2, 0.25) is 0 Å². The van der Waals surface area contributed by atoms with Gasteiger partial charge in [-0.3, -0.25) is 4.79 Å². The summed E-state index contributed by atoms with van der Waals surface area (Å²) in [5.74, 6) is 0.261. The number of benzene rings is 2. The summed E-state index contributed by atoms with van der Waals surface area (Å²) in [6.45, 7) is 6.24. The van der Waals surface area contributed by atoms with E-state index in [9.17, 15) is 4.79 Å². The average Bonchev–Trinajstić information content (AvgIpc) is 3.17. The standard InChI is InChI=1S/C24H26N6O/c31-23(21-15-30(27-26-21)20-9-5-2-6-10-20)25-22-18-13-28-11-12-29(14-18)17-24(22,16-28)19-7-3-1-4-8-19/h1-10,15,18,22H,11-14,16-17H2,(H,25,31)/t18?,22-,24?/m0/s1. The first-order chi connectivity index (χ1) is 15.2. The molecular weight excluding hydrogens is 388 g/mol. The molecule has 1 amide bonds. The van der Waals surface area contributed by atoms with Crippen LogP contribution in [0.25, 0.3) is 5.69 Å². The second-order valence-electron chi connectivity index (χ2n) is 9.09. The Bertz CT molecular complexity index is 1070. The predicted octanol–water partition coefficient (Wildman–Crippen LogP) is 1.56. The molecule has 2 unspecified atom stereocenters. The molecule has 4 aliphatic heterocycles. The lowest BCUT2D eigenvalue weighted by Crippen LogP contribution is -2.70. The quantitative estimate of drug-likeness (QED) is 0.702. The molecule has 0 saturated carbocycles. The fourth-order valence-corrected chi connectivity index (χ4v) is 5.86. The van der Waals surface area contributed by atoms with E-state index < -0.39 is 0 Å². The summed E-state index contributed by atoms with van der Waals surface area (Å²) in [5, 5.41) is 11.7. The maximum Gasteiger partial charge on any atom is 0.273 e. The molecule has 4 fully saturated rings. The zero-order chi connectivity index (χ0) is 20.8. The van der Waals surface area contributed by atoms with Crippen LogP contribution in [-0.2, 0) is 5.41 Å². The van der Waals surface area contributed by atoms with Gasteiger partial charge < -0.3 is 15.1 Å². The van der Waals surface area contributed by atoms with E-state index in [-0.39, 0.29) is 17.4 Å². The highest BCUT2D eigenvalue weighted by molar-refractivity contribution is 5.92. The lowest BCUT2D eigenvalue weighted by atomic mass is 9.64. The maximum atomic E-state index is 13.3. The summed E-state index contributed by atoms with van der Waals surface area (Å²) in [7, 11) is 0. The number of rotatable bonds is 4. The first-order valence-corrected chi connectivity index (χ1v) is 11.0. The molecule has 1 N–H and O–H groups in total. The van der Waals surface area contributed by atoms with E-state index in [1.54, 1.807) is 10.9 Å². The van der Waals surface area contributed by atoms with Gasteiger partial charge in [0.15, 0.2) is 5.69 Å². The van der Waals surface area contributed by atoms with E-state index in [0.29, 0.717) is 11.6 Å². The second kappa shape index (κ2) is 7.28. The molecule has 0 spiro atoms. The van der Waals surface area contributed by atoms with Gasteiger partial charge in [0.1, 0.15) is 0 Å². The van der Waals surface area contributed by atoms with Gasteiger partial charge in [-0.2, -0.15) is 0 Å². The molecule has 4 bridgehead atoms. The first-order valence-electron chi connectivity index (χ1n) is 11.0. The fourth-order valence-electron chi connectivity index (χ4n) is 5.86. The number of hydrogen-bond acceptors (Lipinski definition) is 5. The van der Waals surface area contributed by atoms with E-state index in [1.807, 2.05) is 30.3 Å². The van der Waals surface area contributed by atoms with E-state index in [0.717, 1.165) is 45.0 Å². The predicted molar refractivity (Wildman–Crippen MR) is 117 cm³/mol. The molecule has 31 heavy (non-hydrogen) atoms. The van der Waals surface area contributed by atoms with Crippen LogP contribution in [0.5, 0.6) is 0 Å². The Labute approximate surface area is 181 Å². The number of carbonyl (C=O) groups is 1. The third-order valence-corrected chi connectivity index (χ3v) is 7.18. The number of nitrogens with zero attached hydrogens (tertiary/aromatic N) is 5. The van der Waals surface area contributed by atoms with Crippen molar-refractivity contribution in [1.82, 2.24) is 30.1 Å². The Morgan fingerprint density at radius 1 is 0.935 bits per heavy atom. The average molecular weight is 415 g/mol. The normalized spacial score (nSPS) is 31.4. The van der Waals surface area contributed by atoms with Gasteiger partial charge in [-0.25, -0.2) is 4.68 Å². The number of para-hydroxylation sites is 1. The van der Waals surface area contributed by atoms with Crippen molar-refractivity contribution in [3.05, 3.63) is 78.1 Å². The second-order valence-corrected chi connectivity index (χ2v) is 9.09. The minimum absolute atomic E-state index is 0.0786. The number of nitrogens with one attached hydrogen (secondary N) is 1. The highest BCUT2D eigenvalue weighted by atomic mass is 16.2. The Hall–Kier alpha value is -3.03. The lowest BCUT2D eigenvalue weighted by Gasteiger charge is -2.55. The van der Waals surface area contributed by atoms with E-state index >= 15 is 0 Å². The molecule has 7 rings (SSSR count). The van der Waals surface area contributed by atoms with Crippen molar-refractivity contribution in [1.29, 1.82) is 0 Å². The topological polar surface area (TPSA) is 66.3 Å². The van der Waals surface area contributed by atoms with Crippen molar-refractivity contribution in [3.8, 4) is 5.69 Å². The number of fused-ring (bicyclic) bond motifs is 1. The van der Waals surface area contributed by atoms with Gasteiger partial charge in [0, 0.05) is 56.6 Å². The number of amides is 1. The van der Waals surface area contributed by atoms with Crippen LogP contribution >= 0.6 is 0 Å². The summed E-state index contributed by atoms with van der Waals surface area (Å²) >= 11 is 0. The van der Waals surface area contributed by atoms with Crippen LogP contribution in [0.2, 0.25) is 0 Å². The maximum absolute atomic E-state index is 13.3. The van der Waals surface area contributed by atoms with Crippen LogP contribution in [0, 0.1) is 5.92 Å². The molecule has 0 aliphatic carbocycles. The minimum Gasteiger partial charge on any atom is -0.346 e. The number of aromatic nitrogens is 3. The van der Waals surface area contributed by atoms with Gasteiger partial charge in [0.25, 0.3) is 5.91 Å². The van der Waals surface area contributed by atoms with E-state index in [4.69, 9.17) is 0 Å². The molecule has 5 heterocycles. The van der Waals surface area contributed by atoms with Crippen molar-refractivity contribution in [2.45, 2.75) is 11.5 Å². The molecule has 4 saturated heterocycles. The first kappa shape index (κ1) is 18.7. The Morgan fingerprint density at radius 2 is 1.58 bits per heavy atom. The molecule has 2 aromatic carbocycles. The van der Waals surface area contributed by atoms with Gasteiger partial charge in [0.05, 0.1) is 11.9 Å². The van der Waals surface area contributed by atoms with Gasteiger partial charge in [-0.1, -0.05) is 53.7 Å². The summed E-state index contributed by atoms with van der Waals surface area (Å²) in [5.41, 5.74) is 2.46. The molecule has 4 aliphatic rings. The molecule has 0 radical (unpaired) electrons. The van der Waals surface area contributed by atoms with Crippen molar-refractivity contribution >= 4 is 5.91 Å². The van der Waals surface area contributed by atoms with Gasteiger partial charge >= 0.3 is 0 Å². The van der Waals surface area contributed by atoms with Crippen LogP contribution < -0.4 is 5.32 Å². The summed E-state index contributed by atoms with van der Waals surface area (Å²) in [6, 6.07) is 20.6. The third-order valence-electron chi connectivity index (χ3n) is 7.18. The lowest BCUT2D eigenvalue weighted by molar-refractivity contribution is 0.0179. The summed E-state index contributed by atoms with van der Waals surface area (Å²) < 4.78 is 1.65. The van der Waals surface area contributed by atoms with Crippen molar-refractivity contribution < 1.29 is 4.79 Å². The fraction of sp³-hybridized carbons (Fsp3) is 0.375. The monoisotopic (exact) mass is 414 g/mol. The van der Waals surface area contributed by atoms with E-state index in [1.165, 1.54) is 5.56 Å². The van der Waals surface area contributed by atoms with Gasteiger partial charge in [-0.05, 0) is 17.7 Å². The Morgan fingerprint density at radius 3 is 2.26 bits per heavy atom. The SMILES string of the molecule is O=C(N[C@H]1C2CN3CCN(C2)CC1(c1ccccc1)C3)c1cn(-c2ccccc2)nn1. The molecule has 158 valence electrons. The highest BCUT2D eigenvalue weighted by Crippen LogP contribution is 2.43. The zero-order valence-electron chi connectivity index (χ0n) is 17.4. The van der Waals surface area contributed by atoms with Crippen LogP contribution in [0.1, 0.15) is 16.1 Å². The molecule has 7 nitrogen and oxygen atoms in total. The molecule has 3 aromatic rings. The zero-order valence-corrected chi connectivity index (χ0v) is 17.4. The number of piperidine rings is 2. The van der Waals surface area contributed by atoms with Crippen LogP contribution in [0.4, 0.5) is 0 Å². The van der Waals surface area contributed by atoms with Crippen LogP contribution in [0.3, 0.4) is 0 Å². The smallest absolute Gasteiger partial charge is 0.273 e. The summed E-state index contributed by atoms with van der Waals surface area (Å²) in [6.07, 6.45) is 1.72. The minimum atomic E-state index is -0.140. The number of carbonyl (C=O) groups excluding carboxylic acids is 1. The van der Waals surface area contributed by atoms with Crippen LogP contribution in [-0.4, -0.2) is 76.0 Å². The molecular formula is C24H26N6O. The van der Waals surface area contributed by atoms with E-state index in [2.05, 4.69) is 55.8 Å². The molecule has 1 aromatic heterocycles. The van der Waals surface area contributed by atoms with Crippen molar-refractivity contribution in [2.75, 3.05) is 39.3 Å². The van der Waals surface area contributed by atoms with Gasteiger partial charge in [-0.15, -0.1) is 5.10 Å². The Balaban J connectivity index is 1.32. The summed E-state index contributed by atoms with van der Waals surface area (Å²) in [4.78, 5) is 18.5. The Kier molecular flexibility index (Phi) is 4.40. The van der Waals surface area contributed by atoms with Crippen LogP contribution in [0.15, 0.2) is 66.9 Å². The van der Waals surface area contributed by atoms with Crippen molar-refractivity contribution in [3.63, 3.8) is 0 Å². The highest BCUT2D eigenvalue weighted by Gasteiger charge is 2.55. The third kappa shape index (κ3) is 3.16. The molecule has 3 atom stereocenters. The van der Waals surface area contributed by atoms with Crippen molar-refractivity contribution in [2.24, 2.45) is 5.92 Å². The molecule has 7 heteroatoms.